The van der Waals surface area contributed by atoms with Gasteiger partial charge in [-0.25, -0.2) is 9.97 Å². The van der Waals surface area contributed by atoms with Crippen LogP contribution < -0.4 is 0 Å². The lowest BCUT2D eigenvalue weighted by Gasteiger charge is -2.00. The molecule has 1 aromatic carbocycles. The molecule has 2 aromatic rings. The number of halogens is 1. The molecule has 0 atom stereocenters. The van der Waals surface area contributed by atoms with E-state index in [2.05, 4.69) is 9.97 Å². The Morgan fingerprint density at radius 1 is 1.36 bits per heavy atom. The van der Waals surface area contributed by atoms with E-state index >= 15 is 0 Å². The molecule has 0 radical (unpaired) electrons. The molecule has 0 N–H and O–H groups in total. The van der Waals surface area contributed by atoms with Gasteiger partial charge in [-0.3, -0.25) is 4.79 Å². The van der Waals surface area contributed by atoms with E-state index in [1.807, 2.05) is 25.1 Å². The first-order valence-electron chi connectivity index (χ1n) is 4.10. The van der Waals surface area contributed by atoms with E-state index in [1.165, 1.54) is 0 Å². The normalized spacial score (nSPS) is 10.4. The first-order chi connectivity index (χ1) is 6.70. The summed E-state index contributed by atoms with van der Waals surface area (Å²) in [6, 6.07) is 5.65. The number of carbonyl (C=O) groups is 1. The highest BCUT2D eigenvalue weighted by Gasteiger charge is 2.04. The fourth-order valence-corrected chi connectivity index (χ4v) is 1.52. The summed E-state index contributed by atoms with van der Waals surface area (Å²) in [6.45, 7) is 1.95. The minimum atomic E-state index is 0.119. The summed E-state index contributed by atoms with van der Waals surface area (Å²) in [7, 11) is 0. The number of hydrogen-bond donors (Lipinski definition) is 0. The number of nitrogens with zero attached hydrogens (tertiary/aromatic N) is 2. The van der Waals surface area contributed by atoms with Crippen molar-refractivity contribution in [1.82, 2.24) is 9.97 Å². The number of carbonyl (C=O) groups excluding carboxylic acids is 1. The molecule has 0 saturated heterocycles. The Labute approximate surface area is 85.7 Å². The van der Waals surface area contributed by atoms with Gasteiger partial charge in [0.05, 0.1) is 5.52 Å². The maximum Gasteiger partial charge on any atom is 0.194 e. The van der Waals surface area contributed by atoms with Crippen LogP contribution >= 0.6 is 11.6 Å². The first-order valence-corrected chi connectivity index (χ1v) is 4.47. The third-order valence-corrected chi connectivity index (χ3v) is 2.22. The second-order valence-electron chi connectivity index (χ2n) is 3.01. The molecule has 0 bridgehead atoms. The van der Waals surface area contributed by atoms with Gasteiger partial charge in [0.1, 0.15) is 5.15 Å². The number of rotatable bonds is 1. The molecule has 0 aliphatic rings. The van der Waals surface area contributed by atoms with Gasteiger partial charge in [-0.15, -0.1) is 0 Å². The molecule has 14 heavy (non-hydrogen) atoms. The van der Waals surface area contributed by atoms with Crippen molar-refractivity contribution in [1.29, 1.82) is 0 Å². The number of fused-ring (bicyclic) bond motifs is 1. The topological polar surface area (TPSA) is 42.9 Å². The van der Waals surface area contributed by atoms with E-state index in [9.17, 15) is 4.79 Å². The monoisotopic (exact) mass is 206 g/mol. The lowest BCUT2D eigenvalue weighted by Crippen LogP contribution is -1.94. The number of hydrogen-bond acceptors (Lipinski definition) is 3. The zero-order valence-electron chi connectivity index (χ0n) is 7.49. The van der Waals surface area contributed by atoms with Crippen molar-refractivity contribution in [2.45, 2.75) is 6.92 Å². The highest BCUT2D eigenvalue weighted by atomic mass is 35.5. The van der Waals surface area contributed by atoms with Crippen LogP contribution in [0.2, 0.25) is 5.15 Å². The van der Waals surface area contributed by atoms with Gasteiger partial charge >= 0.3 is 0 Å². The van der Waals surface area contributed by atoms with E-state index < -0.39 is 0 Å². The van der Waals surface area contributed by atoms with Crippen molar-refractivity contribution < 1.29 is 4.79 Å². The van der Waals surface area contributed by atoms with Gasteiger partial charge in [0.15, 0.2) is 12.1 Å². The number of aromatic nitrogens is 2. The molecule has 2 rings (SSSR count). The summed E-state index contributed by atoms with van der Waals surface area (Å²) in [6.07, 6.45) is 0.591. The lowest BCUT2D eigenvalue weighted by molar-refractivity contribution is 0.111. The summed E-state index contributed by atoms with van der Waals surface area (Å²) in [4.78, 5) is 18.4. The summed E-state index contributed by atoms with van der Waals surface area (Å²) in [5.41, 5.74) is 1.77. The van der Waals surface area contributed by atoms with Gasteiger partial charge in [0.25, 0.3) is 0 Å². The summed E-state index contributed by atoms with van der Waals surface area (Å²) in [5, 5.41) is 1.08. The Kier molecular flexibility index (Phi) is 2.17. The van der Waals surface area contributed by atoms with Crippen molar-refractivity contribution in [2.75, 3.05) is 0 Å². The van der Waals surface area contributed by atoms with Crippen LogP contribution in [0, 0.1) is 6.92 Å². The van der Waals surface area contributed by atoms with Crippen LogP contribution in [0.5, 0.6) is 0 Å². The van der Waals surface area contributed by atoms with E-state index in [1.54, 1.807) is 0 Å². The highest BCUT2D eigenvalue weighted by Crippen LogP contribution is 2.20. The van der Waals surface area contributed by atoms with Gasteiger partial charge in [-0.05, 0) is 24.6 Å². The van der Waals surface area contributed by atoms with E-state index in [4.69, 9.17) is 11.6 Å². The second-order valence-corrected chi connectivity index (χ2v) is 3.37. The lowest BCUT2D eigenvalue weighted by atomic mass is 10.2. The molecule has 0 fully saturated rings. The van der Waals surface area contributed by atoms with Crippen molar-refractivity contribution in [3.8, 4) is 0 Å². The van der Waals surface area contributed by atoms with Crippen molar-refractivity contribution in [2.24, 2.45) is 0 Å². The van der Waals surface area contributed by atoms with Gasteiger partial charge in [0, 0.05) is 5.39 Å². The number of benzene rings is 1. The average Bonchev–Trinajstić information content (AvgIpc) is 2.16. The van der Waals surface area contributed by atoms with Gasteiger partial charge in [-0.2, -0.15) is 0 Å². The molecular formula is C10H7ClN2O. The Morgan fingerprint density at radius 3 is 2.86 bits per heavy atom. The fourth-order valence-electron chi connectivity index (χ4n) is 1.27. The van der Waals surface area contributed by atoms with Gasteiger partial charge in [0.2, 0.25) is 0 Å². The molecule has 1 heterocycles. The molecule has 0 spiro atoms. The molecule has 0 saturated carbocycles. The number of aldehydes is 1. The van der Waals surface area contributed by atoms with E-state index in [-0.39, 0.29) is 5.82 Å². The van der Waals surface area contributed by atoms with E-state index in [0.29, 0.717) is 17.0 Å². The third-order valence-electron chi connectivity index (χ3n) is 1.93. The minimum Gasteiger partial charge on any atom is -0.294 e. The maximum atomic E-state index is 10.5. The van der Waals surface area contributed by atoms with Crippen LogP contribution in [0.3, 0.4) is 0 Å². The largest absolute Gasteiger partial charge is 0.294 e. The van der Waals surface area contributed by atoms with E-state index in [0.717, 1.165) is 10.9 Å². The van der Waals surface area contributed by atoms with Crippen molar-refractivity contribution in [3.05, 3.63) is 34.7 Å². The Hall–Kier alpha value is -1.48. The van der Waals surface area contributed by atoms with Gasteiger partial charge < -0.3 is 0 Å². The maximum absolute atomic E-state index is 10.5. The van der Waals surface area contributed by atoms with Crippen LogP contribution in [0.1, 0.15) is 16.2 Å². The molecule has 0 unspecified atom stereocenters. The molecule has 70 valence electrons. The summed E-state index contributed by atoms with van der Waals surface area (Å²) < 4.78 is 0. The Balaban J connectivity index is 2.83. The molecular weight excluding hydrogens is 200 g/mol. The fraction of sp³-hybridized carbons (Fsp3) is 0.100. The number of aryl methyl sites for hydroxylation is 1. The van der Waals surface area contributed by atoms with Crippen LogP contribution in [0.15, 0.2) is 18.2 Å². The third kappa shape index (κ3) is 1.46. The van der Waals surface area contributed by atoms with Crippen LogP contribution in [0.4, 0.5) is 0 Å². The smallest absolute Gasteiger partial charge is 0.194 e. The van der Waals surface area contributed by atoms with Crippen molar-refractivity contribution >= 4 is 28.8 Å². The molecule has 3 nitrogen and oxygen atoms in total. The summed E-state index contributed by atoms with van der Waals surface area (Å²) >= 11 is 5.88. The Bertz CT molecular complexity index is 511. The predicted molar refractivity (Wildman–Crippen MR) is 54.7 cm³/mol. The van der Waals surface area contributed by atoms with Crippen molar-refractivity contribution in [3.63, 3.8) is 0 Å². The highest BCUT2D eigenvalue weighted by molar-refractivity contribution is 6.34. The van der Waals surface area contributed by atoms with Crippen LogP contribution in [0.25, 0.3) is 10.9 Å². The first kappa shape index (κ1) is 9.09. The average molecular weight is 207 g/mol. The zero-order valence-corrected chi connectivity index (χ0v) is 8.25. The molecule has 0 aliphatic carbocycles. The standard InChI is InChI=1S/C10H7ClN2O/c1-6-2-3-7-8(4-6)12-9(5-14)13-10(7)11/h2-5H,1H3. The Morgan fingerprint density at radius 2 is 2.14 bits per heavy atom. The van der Waals surface area contributed by atoms with Crippen LogP contribution in [-0.4, -0.2) is 16.3 Å². The molecule has 4 heteroatoms. The van der Waals surface area contributed by atoms with Crippen LogP contribution in [-0.2, 0) is 0 Å². The molecule has 0 amide bonds. The summed E-state index contributed by atoms with van der Waals surface area (Å²) in [5.74, 6) is 0.119. The molecule has 0 aliphatic heterocycles. The van der Waals surface area contributed by atoms with Gasteiger partial charge in [-0.1, -0.05) is 17.7 Å². The second kappa shape index (κ2) is 3.35. The SMILES string of the molecule is Cc1ccc2c(Cl)nc(C=O)nc2c1. The molecule has 1 aromatic heterocycles. The zero-order chi connectivity index (χ0) is 10.1. The quantitative estimate of drug-likeness (QED) is 0.532. The predicted octanol–water partition coefficient (Wildman–Crippen LogP) is 2.40. The minimum absolute atomic E-state index is 0.119.